The van der Waals surface area contributed by atoms with E-state index < -0.39 is 18.5 Å². The van der Waals surface area contributed by atoms with Crippen molar-refractivity contribution in [2.75, 3.05) is 25.6 Å². The number of methoxy groups -OCH3 is 1. The predicted octanol–water partition coefficient (Wildman–Crippen LogP) is 4.03. The molecule has 0 unspecified atom stereocenters. The summed E-state index contributed by atoms with van der Waals surface area (Å²) in [5, 5.41) is 2.96. The van der Waals surface area contributed by atoms with Gasteiger partial charge >= 0.3 is 5.97 Å². The molecule has 1 N–H and O–H groups in total. The number of carbonyl (C=O) groups excluding carboxylic acids is 2. The number of benzene rings is 2. The minimum absolute atomic E-state index is 0.263. The lowest BCUT2D eigenvalue weighted by molar-refractivity contribution is -0.149. The largest absolute Gasteiger partial charge is 0.495 e. The third kappa shape index (κ3) is 6.18. The number of ether oxygens (including phenoxy) is 3. The molecule has 0 bridgehead atoms. The van der Waals surface area contributed by atoms with Crippen LogP contribution in [0.2, 0.25) is 5.02 Å². The highest BCUT2D eigenvalue weighted by Crippen LogP contribution is 2.27. The molecule has 27 heavy (non-hydrogen) atoms. The van der Waals surface area contributed by atoms with Gasteiger partial charge in [0.05, 0.1) is 12.1 Å². The Morgan fingerprint density at radius 2 is 1.81 bits per heavy atom. The molecule has 0 aliphatic rings. The summed E-state index contributed by atoms with van der Waals surface area (Å²) in [4.78, 5) is 23.7. The molecule has 0 aliphatic heterocycles. The monoisotopic (exact) mass is 391 g/mol. The Morgan fingerprint density at radius 1 is 1.07 bits per heavy atom. The van der Waals surface area contributed by atoms with E-state index in [0.717, 1.165) is 5.56 Å². The van der Waals surface area contributed by atoms with E-state index in [1.54, 1.807) is 24.3 Å². The lowest BCUT2D eigenvalue weighted by Gasteiger charge is -2.13. The second kappa shape index (κ2) is 9.83. The second-order valence-electron chi connectivity index (χ2n) is 6.04. The van der Waals surface area contributed by atoms with E-state index in [1.165, 1.54) is 7.11 Å². The van der Waals surface area contributed by atoms with E-state index in [-0.39, 0.29) is 12.5 Å². The first-order valence-corrected chi connectivity index (χ1v) is 8.79. The lowest BCUT2D eigenvalue weighted by Crippen LogP contribution is -2.23. The zero-order valence-corrected chi connectivity index (χ0v) is 16.2. The molecular weight excluding hydrogens is 370 g/mol. The van der Waals surface area contributed by atoms with Crippen LogP contribution in [0.15, 0.2) is 42.5 Å². The fourth-order valence-corrected chi connectivity index (χ4v) is 2.61. The number of amides is 1. The molecule has 0 radical (unpaired) electrons. The summed E-state index contributed by atoms with van der Waals surface area (Å²) in [5.41, 5.74) is 1.48. The van der Waals surface area contributed by atoms with Gasteiger partial charge in [0, 0.05) is 5.69 Å². The fourth-order valence-electron chi connectivity index (χ4n) is 2.35. The molecule has 0 aromatic heterocycles. The summed E-state index contributed by atoms with van der Waals surface area (Å²) in [6.45, 7) is 3.38. The van der Waals surface area contributed by atoms with Gasteiger partial charge in [0.25, 0.3) is 5.91 Å². The van der Waals surface area contributed by atoms with Gasteiger partial charge < -0.3 is 19.5 Å². The van der Waals surface area contributed by atoms with E-state index in [4.69, 9.17) is 25.8 Å². The third-order valence-electron chi connectivity index (χ3n) is 3.69. The van der Waals surface area contributed by atoms with Gasteiger partial charge in [-0.2, -0.15) is 0 Å². The second-order valence-corrected chi connectivity index (χ2v) is 6.45. The molecular formula is C20H22ClNO5. The van der Waals surface area contributed by atoms with Gasteiger partial charge in [0.15, 0.2) is 13.2 Å². The normalized spacial score (nSPS) is 10.4. The first kappa shape index (κ1) is 20.6. The molecule has 1 amide bonds. The van der Waals surface area contributed by atoms with Crippen molar-refractivity contribution in [2.24, 2.45) is 0 Å². The van der Waals surface area contributed by atoms with Crippen LogP contribution in [0.3, 0.4) is 0 Å². The molecule has 6 nitrogen and oxygen atoms in total. The molecule has 2 aromatic carbocycles. The van der Waals surface area contributed by atoms with Crippen molar-refractivity contribution in [2.45, 2.75) is 19.8 Å². The van der Waals surface area contributed by atoms with Gasteiger partial charge in [-0.15, -0.1) is 0 Å². The van der Waals surface area contributed by atoms with Crippen molar-refractivity contribution >= 4 is 29.2 Å². The van der Waals surface area contributed by atoms with E-state index in [9.17, 15) is 9.59 Å². The number of esters is 1. The number of para-hydroxylation sites is 1. The highest BCUT2D eigenvalue weighted by molar-refractivity contribution is 6.32. The van der Waals surface area contributed by atoms with Gasteiger partial charge in [-0.25, -0.2) is 4.79 Å². The minimum atomic E-state index is -0.628. The van der Waals surface area contributed by atoms with Crippen LogP contribution in [-0.2, 0) is 14.3 Å². The average Bonchev–Trinajstić information content (AvgIpc) is 2.65. The van der Waals surface area contributed by atoms with Gasteiger partial charge in [-0.3, -0.25) is 4.79 Å². The number of hydrogen-bond donors (Lipinski definition) is 1. The SMILES string of the molecule is COc1ccc(NC(=O)COC(=O)COc2ccccc2C(C)C)cc1Cl. The Hall–Kier alpha value is -2.73. The number of rotatable bonds is 8. The fraction of sp³-hybridized carbons (Fsp3) is 0.300. The Kier molecular flexibility index (Phi) is 7.49. The van der Waals surface area contributed by atoms with Crippen molar-refractivity contribution in [3.63, 3.8) is 0 Å². The molecule has 0 saturated heterocycles. The molecule has 2 rings (SSSR count). The molecule has 2 aromatic rings. The van der Waals surface area contributed by atoms with Gasteiger partial charge in [-0.05, 0) is 35.7 Å². The zero-order valence-electron chi connectivity index (χ0n) is 15.5. The summed E-state index contributed by atoms with van der Waals surface area (Å²) in [5.74, 6) is 0.282. The molecule has 7 heteroatoms. The van der Waals surface area contributed by atoms with E-state index in [2.05, 4.69) is 5.32 Å². The van der Waals surface area contributed by atoms with Crippen LogP contribution in [0.4, 0.5) is 5.69 Å². The molecule has 0 spiro atoms. The topological polar surface area (TPSA) is 73.9 Å². The van der Waals surface area contributed by atoms with Crippen LogP contribution in [0.25, 0.3) is 0 Å². The number of anilines is 1. The number of halogens is 1. The molecule has 0 fully saturated rings. The van der Waals surface area contributed by atoms with Crippen LogP contribution >= 0.6 is 11.6 Å². The minimum Gasteiger partial charge on any atom is -0.495 e. The Bertz CT molecular complexity index is 807. The Morgan fingerprint density at radius 3 is 2.48 bits per heavy atom. The van der Waals surface area contributed by atoms with Crippen LogP contribution < -0.4 is 14.8 Å². The van der Waals surface area contributed by atoms with Gasteiger partial charge in [0.2, 0.25) is 0 Å². The van der Waals surface area contributed by atoms with Crippen molar-refractivity contribution in [3.8, 4) is 11.5 Å². The number of carbonyl (C=O) groups is 2. The Labute approximate surface area is 163 Å². The lowest BCUT2D eigenvalue weighted by atomic mass is 10.0. The predicted molar refractivity (Wildman–Crippen MR) is 104 cm³/mol. The van der Waals surface area contributed by atoms with E-state index in [0.29, 0.717) is 22.2 Å². The quantitative estimate of drug-likeness (QED) is 0.687. The van der Waals surface area contributed by atoms with E-state index in [1.807, 2.05) is 32.0 Å². The van der Waals surface area contributed by atoms with Crippen molar-refractivity contribution in [1.82, 2.24) is 0 Å². The molecule has 0 aliphatic carbocycles. The maximum atomic E-state index is 11.9. The van der Waals surface area contributed by atoms with Crippen LogP contribution in [-0.4, -0.2) is 32.2 Å². The molecule has 0 saturated carbocycles. The standard InChI is InChI=1S/C20H22ClNO5/c1-13(2)15-6-4-5-7-17(15)26-12-20(24)27-11-19(23)22-14-8-9-18(25-3)16(21)10-14/h4-10,13H,11-12H2,1-3H3,(H,22,23). The van der Waals surface area contributed by atoms with E-state index >= 15 is 0 Å². The zero-order chi connectivity index (χ0) is 19.8. The molecule has 0 heterocycles. The molecule has 144 valence electrons. The summed E-state index contributed by atoms with van der Waals surface area (Å²) in [7, 11) is 1.50. The highest BCUT2D eigenvalue weighted by Gasteiger charge is 2.12. The maximum absolute atomic E-state index is 11.9. The van der Waals surface area contributed by atoms with Gasteiger partial charge in [-0.1, -0.05) is 43.6 Å². The first-order valence-electron chi connectivity index (χ1n) is 8.41. The van der Waals surface area contributed by atoms with Crippen molar-refractivity contribution in [1.29, 1.82) is 0 Å². The number of nitrogens with one attached hydrogen (secondary N) is 1. The van der Waals surface area contributed by atoms with Gasteiger partial charge in [0.1, 0.15) is 11.5 Å². The first-order chi connectivity index (χ1) is 12.9. The number of hydrogen-bond acceptors (Lipinski definition) is 5. The van der Waals surface area contributed by atoms with Crippen molar-refractivity contribution < 1.29 is 23.8 Å². The summed E-state index contributed by atoms with van der Waals surface area (Å²) >= 11 is 6.00. The molecule has 0 atom stereocenters. The summed E-state index contributed by atoms with van der Waals surface area (Å²) < 4.78 is 15.5. The highest BCUT2D eigenvalue weighted by atomic mass is 35.5. The summed E-state index contributed by atoms with van der Waals surface area (Å²) in [6.07, 6.45) is 0. The smallest absolute Gasteiger partial charge is 0.344 e. The van der Waals surface area contributed by atoms with Crippen molar-refractivity contribution in [3.05, 3.63) is 53.1 Å². The van der Waals surface area contributed by atoms with Crippen LogP contribution in [0, 0.1) is 0 Å². The average molecular weight is 392 g/mol. The maximum Gasteiger partial charge on any atom is 0.344 e. The van der Waals surface area contributed by atoms with Crippen LogP contribution in [0.5, 0.6) is 11.5 Å². The third-order valence-corrected chi connectivity index (χ3v) is 3.98. The Balaban J connectivity index is 1.80. The summed E-state index contributed by atoms with van der Waals surface area (Å²) in [6, 6.07) is 12.3. The van der Waals surface area contributed by atoms with Crippen LogP contribution in [0.1, 0.15) is 25.3 Å².